The normalized spacial score (nSPS) is 35.8. The molecule has 0 fully saturated rings. The maximum absolute atomic E-state index is 9.66. The zero-order valence-electron chi connectivity index (χ0n) is 8.36. The predicted molar refractivity (Wildman–Crippen MR) is 50.2 cm³/mol. The molecule has 0 saturated carbocycles. The average Bonchev–Trinajstić information content (AvgIpc) is 1.94. The SMILES string of the molecule is CC(C)(C)C1=C[C@H](O)C[C@H](O)[C@@H]1O. The van der Waals surface area contributed by atoms with Crippen LogP contribution >= 0.6 is 0 Å². The van der Waals surface area contributed by atoms with Crippen molar-refractivity contribution in [2.45, 2.75) is 45.5 Å². The summed E-state index contributed by atoms with van der Waals surface area (Å²) in [5.74, 6) is 0. The van der Waals surface area contributed by atoms with E-state index in [4.69, 9.17) is 0 Å². The second-order valence-electron chi connectivity index (χ2n) is 4.69. The van der Waals surface area contributed by atoms with Gasteiger partial charge in [0.05, 0.1) is 12.2 Å². The fourth-order valence-electron chi connectivity index (χ4n) is 1.65. The monoisotopic (exact) mass is 186 g/mol. The van der Waals surface area contributed by atoms with E-state index in [1.54, 1.807) is 6.08 Å². The van der Waals surface area contributed by atoms with Gasteiger partial charge in [0.2, 0.25) is 0 Å². The van der Waals surface area contributed by atoms with Crippen LogP contribution in [0, 0.1) is 5.41 Å². The molecule has 3 atom stereocenters. The molecule has 3 heteroatoms. The van der Waals surface area contributed by atoms with Crippen molar-refractivity contribution in [3.8, 4) is 0 Å². The topological polar surface area (TPSA) is 60.7 Å². The van der Waals surface area contributed by atoms with Gasteiger partial charge in [-0.25, -0.2) is 0 Å². The summed E-state index contributed by atoms with van der Waals surface area (Å²) in [5.41, 5.74) is 0.515. The van der Waals surface area contributed by atoms with Gasteiger partial charge in [-0.1, -0.05) is 26.8 Å². The molecule has 3 N–H and O–H groups in total. The van der Waals surface area contributed by atoms with Crippen molar-refractivity contribution in [1.29, 1.82) is 0 Å². The minimum Gasteiger partial charge on any atom is -0.390 e. The minimum absolute atomic E-state index is 0.207. The van der Waals surface area contributed by atoms with E-state index in [2.05, 4.69) is 0 Å². The molecule has 0 heterocycles. The van der Waals surface area contributed by atoms with Crippen LogP contribution in [0.4, 0.5) is 0 Å². The molecule has 0 radical (unpaired) electrons. The summed E-state index contributed by atoms with van der Waals surface area (Å²) in [5, 5.41) is 28.5. The maximum Gasteiger partial charge on any atom is 0.102 e. The van der Waals surface area contributed by atoms with Crippen LogP contribution in [0.15, 0.2) is 11.6 Å². The highest BCUT2D eigenvalue weighted by Crippen LogP contribution is 2.33. The Morgan fingerprint density at radius 3 is 2.23 bits per heavy atom. The predicted octanol–water partition coefficient (Wildman–Crippen LogP) is 0.445. The highest BCUT2D eigenvalue weighted by atomic mass is 16.3. The molecule has 76 valence electrons. The lowest BCUT2D eigenvalue weighted by Gasteiger charge is -2.35. The highest BCUT2D eigenvalue weighted by molar-refractivity contribution is 5.22. The first-order valence-electron chi connectivity index (χ1n) is 4.59. The fraction of sp³-hybridized carbons (Fsp3) is 0.800. The van der Waals surface area contributed by atoms with E-state index < -0.39 is 18.3 Å². The largest absolute Gasteiger partial charge is 0.390 e. The Morgan fingerprint density at radius 2 is 1.77 bits per heavy atom. The Balaban J connectivity index is 2.93. The van der Waals surface area contributed by atoms with Crippen molar-refractivity contribution in [2.24, 2.45) is 5.41 Å². The molecule has 0 bridgehead atoms. The molecule has 3 nitrogen and oxygen atoms in total. The smallest absolute Gasteiger partial charge is 0.102 e. The van der Waals surface area contributed by atoms with E-state index in [0.29, 0.717) is 0 Å². The van der Waals surface area contributed by atoms with Crippen LogP contribution in [0.1, 0.15) is 27.2 Å². The van der Waals surface area contributed by atoms with E-state index in [1.807, 2.05) is 20.8 Å². The fourth-order valence-corrected chi connectivity index (χ4v) is 1.65. The number of rotatable bonds is 0. The van der Waals surface area contributed by atoms with E-state index >= 15 is 0 Å². The van der Waals surface area contributed by atoms with Gasteiger partial charge in [0.25, 0.3) is 0 Å². The van der Waals surface area contributed by atoms with Crippen molar-refractivity contribution in [3.05, 3.63) is 11.6 Å². The highest BCUT2D eigenvalue weighted by Gasteiger charge is 2.33. The number of aliphatic hydroxyl groups is 3. The summed E-state index contributed by atoms with van der Waals surface area (Å²) < 4.78 is 0. The lowest BCUT2D eigenvalue weighted by molar-refractivity contribution is -0.00596. The Kier molecular flexibility index (Phi) is 2.80. The standard InChI is InChI=1S/C10H18O3/c1-10(2,3)7-4-6(11)5-8(12)9(7)13/h4,6,8-9,11-13H,5H2,1-3H3/t6-,8-,9+/m0/s1. The van der Waals surface area contributed by atoms with Crippen LogP contribution < -0.4 is 0 Å². The van der Waals surface area contributed by atoms with Crippen LogP contribution in [-0.4, -0.2) is 33.6 Å². The van der Waals surface area contributed by atoms with Gasteiger partial charge in [0.15, 0.2) is 0 Å². The van der Waals surface area contributed by atoms with E-state index in [-0.39, 0.29) is 11.8 Å². The molecule has 0 aromatic rings. The van der Waals surface area contributed by atoms with Crippen LogP contribution in [-0.2, 0) is 0 Å². The van der Waals surface area contributed by atoms with Crippen molar-refractivity contribution in [3.63, 3.8) is 0 Å². The first-order valence-corrected chi connectivity index (χ1v) is 4.59. The van der Waals surface area contributed by atoms with Crippen molar-refractivity contribution in [1.82, 2.24) is 0 Å². The molecule has 1 aliphatic carbocycles. The molecule has 0 unspecified atom stereocenters. The molecular weight excluding hydrogens is 168 g/mol. The summed E-state index contributed by atoms with van der Waals surface area (Å²) in [4.78, 5) is 0. The molecule has 1 rings (SSSR count). The number of aliphatic hydroxyl groups excluding tert-OH is 3. The summed E-state index contributed by atoms with van der Waals surface area (Å²) in [6.07, 6.45) is -0.428. The Bertz CT molecular complexity index is 215. The van der Waals surface area contributed by atoms with Gasteiger partial charge in [0.1, 0.15) is 6.10 Å². The van der Waals surface area contributed by atoms with E-state index in [1.165, 1.54) is 0 Å². The first-order chi connectivity index (χ1) is 5.82. The van der Waals surface area contributed by atoms with Crippen LogP contribution in [0.5, 0.6) is 0 Å². The zero-order valence-corrected chi connectivity index (χ0v) is 8.36. The second-order valence-corrected chi connectivity index (χ2v) is 4.69. The lowest BCUT2D eigenvalue weighted by Crippen LogP contribution is -2.39. The third kappa shape index (κ3) is 2.30. The van der Waals surface area contributed by atoms with Crippen molar-refractivity contribution < 1.29 is 15.3 Å². The first kappa shape index (κ1) is 10.7. The summed E-state index contributed by atoms with van der Waals surface area (Å²) in [6, 6.07) is 0. The minimum atomic E-state index is -0.839. The van der Waals surface area contributed by atoms with Crippen LogP contribution in [0.3, 0.4) is 0 Å². The molecule has 0 spiro atoms. The van der Waals surface area contributed by atoms with E-state index in [9.17, 15) is 15.3 Å². The summed E-state index contributed by atoms with van der Waals surface area (Å²) >= 11 is 0. The van der Waals surface area contributed by atoms with Gasteiger partial charge in [-0.15, -0.1) is 0 Å². The van der Waals surface area contributed by atoms with Gasteiger partial charge in [-0.05, 0) is 11.0 Å². The zero-order chi connectivity index (χ0) is 10.2. The Hall–Kier alpha value is -0.380. The second kappa shape index (κ2) is 3.40. The molecule has 13 heavy (non-hydrogen) atoms. The molecule has 0 aromatic carbocycles. The molecule has 0 amide bonds. The third-order valence-corrected chi connectivity index (χ3v) is 2.40. The maximum atomic E-state index is 9.66. The Labute approximate surface area is 78.7 Å². The van der Waals surface area contributed by atoms with Crippen LogP contribution in [0.25, 0.3) is 0 Å². The molecule has 0 aliphatic heterocycles. The summed E-state index contributed by atoms with van der Waals surface area (Å²) in [6.45, 7) is 5.85. The number of hydrogen-bond acceptors (Lipinski definition) is 3. The van der Waals surface area contributed by atoms with Gasteiger partial charge >= 0.3 is 0 Å². The van der Waals surface area contributed by atoms with Gasteiger partial charge in [0, 0.05) is 6.42 Å². The van der Waals surface area contributed by atoms with Crippen molar-refractivity contribution in [2.75, 3.05) is 0 Å². The van der Waals surface area contributed by atoms with E-state index in [0.717, 1.165) is 5.57 Å². The molecule has 0 saturated heterocycles. The average molecular weight is 186 g/mol. The number of hydrogen-bond donors (Lipinski definition) is 3. The van der Waals surface area contributed by atoms with Gasteiger partial charge in [-0.3, -0.25) is 0 Å². The quantitative estimate of drug-likeness (QED) is 0.481. The molecular formula is C10H18O3. The molecule has 0 aromatic heterocycles. The van der Waals surface area contributed by atoms with Crippen molar-refractivity contribution >= 4 is 0 Å². The Morgan fingerprint density at radius 1 is 1.23 bits per heavy atom. The van der Waals surface area contributed by atoms with Gasteiger partial charge < -0.3 is 15.3 Å². The lowest BCUT2D eigenvalue weighted by atomic mass is 9.77. The van der Waals surface area contributed by atoms with Crippen LogP contribution in [0.2, 0.25) is 0 Å². The molecule has 1 aliphatic rings. The summed E-state index contributed by atoms with van der Waals surface area (Å²) in [7, 11) is 0. The van der Waals surface area contributed by atoms with Gasteiger partial charge in [-0.2, -0.15) is 0 Å². The third-order valence-electron chi connectivity index (χ3n) is 2.40.